The van der Waals surface area contributed by atoms with Gasteiger partial charge in [-0.15, -0.1) is 0 Å². The minimum Gasteiger partial charge on any atom is -0.319 e. The highest BCUT2D eigenvalue weighted by Crippen LogP contribution is 2.25. The fourth-order valence-corrected chi connectivity index (χ4v) is 1.90. The average molecular weight is 239 g/mol. The molecule has 0 aliphatic carbocycles. The summed E-state index contributed by atoms with van der Waals surface area (Å²) >= 11 is 0. The van der Waals surface area contributed by atoms with Gasteiger partial charge in [0.2, 0.25) is 0 Å². The van der Waals surface area contributed by atoms with E-state index in [0.29, 0.717) is 5.69 Å². The number of aromatic nitrogens is 2. The van der Waals surface area contributed by atoms with Gasteiger partial charge in [-0.3, -0.25) is 0 Å². The molecule has 1 aromatic heterocycles. The van der Waals surface area contributed by atoms with Gasteiger partial charge in [-0.25, -0.2) is 4.98 Å². The van der Waals surface area contributed by atoms with Crippen molar-refractivity contribution in [2.45, 2.75) is 26.2 Å². The molecule has 18 heavy (non-hydrogen) atoms. The van der Waals surface area contributed by atoms with Gasteiger partial charge < -0.3 is 4.57 Å². The summed E-state index contributed by atoms with van der Waals surface area (Å²) in [5.41, 5.74) is 3.05. The lowest BCUT2D eigenvalue weighted by Crippen LogP contribution is -2.10. The molecule has 0 radical (unpaired) electrons. The molecule has 0 aliphatic rings. The van der Waals surface area contributed by atoms with E-state index >= 15 is 0 Å². The maximum Gasteiger partial charge on any atom is 0.140 e. The summed E-state index contributed by atoms with van der Waals surface area (Å²) < 4.78 is 1.81. The lowest BCUT2D eigenvalue weighted by atomic mass is 9.87. The van der Waals surface area contributed by atoms with E-state index in [0.717, 1.165) is 11.4 Å². The minimum absolute atomic E-state index is 0.151. The fraction of sp³-hybridized carbons (Fsp3) is 0.333. The molecular weight excluding hydrogens is 222 g/mol. The van der Waals surface area contributed by atoms with E-state index in [9.17, 15) is 0 Å². The van der Waals surface area contributed by atoms with Gasteiger partial charge in [0.25, 0.3) is 0 Å². The van der Waals surface area contributed by atoms with Crippen LogP contribution in [0.15, 0.2) is 30.5 Å². The Morgan fingerprint density at radius 1 is 1.17 bits per heavy atom. The number of hydrogen-bond acceptors (Lipinski definition) is 2. The molecule has 1 heterocycles. The van der Waals surface area contributed by atoms with Crippen LogP contribution in [0, 0.1) is 11.3 Å². The van der Waals surface area contributed by atoms with Gasteiger partial charge in [-0.05, 0) is 11.0 Å². The second-order valence-corrected chi connectivity index (χ2v) is 5.47. The number of rotatable bonds is 1. The van der Waals surface area contributed by atoms with Crippen molar-refractivity contribution in [3.63, 3.8) is 0 Å². The number of imidazole rings is 1. The van der Waals surface area contributed by atoms with Gasteiger partial charge in [0, 0.05) is 12.6 Å². The summed E-state index contributed by atoms with van der Waals surface area (Å²) in [4.78, 5) is 4.29. The van der Waals surface area contributed by atoms with Crippen molar-refractivity contribution in [2.75, 3.05) is 0 Å². The fourth-order valence-electron chi connectivity index (χ4n) is 1.90. The first-order valence-electron chi connectivity index (χ1n) is 5.96. The van der Waals surface area contributed by atoms with Crippen LogP contribution in [0.25, 0.3) is 11.4 Å². The van der Waals surface area contributed by atoms with E-state index in [-0.39, 0.29) is 5.41 Å². The van der Waals surface area contributed by atoms with Gasteiger partial charge >= 0.3 is 0 Å². The third kappa shape index (κ3) is 2.14. The molecule has 1 aromatic carbocycles. The van der Waals surface area contributed by atoms with Crippen molar-refractivity contribution >= 4 is 0 Å². The van der Waals surface area contributed by atoms with Crippen molar-refractivity contribution in [3.8, 4) is 17.5 Å². The van der Waals surface area contributed by atoms with Crippen molar-refractivity contribution in [1.82, 2.24) is 9.55 Å². The lowest BCUT2D eigenvalue weighted by molar-refractivity contribution is 0.590. The molecule has 0 fully saturated rings. The molecule has 0 amide bonds. The Morgan fingerprint density at radius 3 is 2.22 bits per heavy atom. The van der Waals surface area contributed by atoms with E-state index < -0.39 is 0 Å². The monoisotopic (exact) mass is 239 g/mol. The highest BCUT2D eigenvalue weighted by molar-refractivity contribution is 5.57. The predicted octanol–water partition coefficient (Wildman–Crippen LogP) is 3.26. The molecule has 0 saturated heterocycles. The van der Waals surface area contributed by atoms with Crippen LogP contribution >= 0.6 is 0 Å². The minimum atomic E-state index is 0.151. The Kier molecular flexibility index (Phi) is 2.96. The Morgan fingerprint density at radius 2 is 1.78 bits per heavy atom. The Bertz CT molecular complexity index is 592. The van der Waals surface area contributed by atoms with E-state index in [1.807, 2.05) is 11.6 Å². The van der Waals surface area contributed by atoms with E-state index in [4.69, 9.17) is 5.26 Å². The zero-order chi connectivity index (χ0) is 13.3. The molecule has 0 atom stereocenters. The molecule has 92 valence electrons. The highest BCUT2D eigenvalue weighted by Gasteiger charge is 2.14. The first-order valence-corrected chi connectivity index (χ1v) is 5.96. The van der Waals surface area contributed by atoms with Crippen LogP contribution in [0.1, 0.15) is 32.0 Å². The maximum absolute atomic E-state index is 8.92. The maximum atomic E-state index is 8.92. The van der Waals surface area contributed by atoms with Gasteiger partial charge in [-0.1, -0.05) is 45.0 Å². The van der Waals surface area contributed by atoms with Crippen LogP contribution in [-0.2, 0) is 12.5 Å². The highest BCUT2D eigenvalue weighted by atomic mass is 15.1. The quantitative estimate of drug-likeness (QED) is 0.766. The molecule has 0 bridgehead atoms. The second-order valence-electron chi connectivity index (χ2n) is 5.47. The number of nitriles is 1. The van der Waals surface area contributed by atoms with Crippen molar-refractivity contribution in [1.29, 1.82) is 5.26 Å². The van der Waals surface area contributed by atoms with Crippen LogP contribution in [0.3, 0.4) is 0 Å². The Balaban J connectivity index is 2.41. The van der Waals surface area contributed by atoms with Gasteiger partial charge in [-0.2, -0.15) is 5.26 Å². The van der Waals surface area contributed by atoms with Gasteiger partial charge in [0.1, 0.15) is 17.6 Å². The summed E-state index contributed by atoms with van der Waals surface area (Å²) in [6.07, 6.45) is 1.60. The van der Waals surface area contributed by atoms with Crippen LogP contribution < -0.4 is 0 Å². The topological polar surface area (TPSA) is 41.6 Å². The standard InChI is InChI=1S/C15H17N3/c1-15(2,3)12-7-5-11(6-8-12)14-17-10-13(9-16)18(14)4/h5-8,10H,1-4H3. The SMILES string of the molecule is Cn1c(C#N)cnc1-c1ccc(C(C)(C)C)cc1. The summed E-state index contributed by atoms with van der Waals surface area (Å²) in [6.45, 7) is 6.57. The normalized spacial score (nSPS) is 11.3. The van der Waals surface area contributed by atoms with E-state index in [1.54, 1.807) is 6.20 Å². The molecule has 0 saturated carbocycles. The molecule has 0 aliphatic heterocycles. The molecule has 0 unspecified atom stereocenters. The molecular formula is C15H17N3. The predicted molar refractivity (Wildman–Crippen MR) is 72.1 cm³/mol. The first-order chi connectivity index (χ1) is 8.43. The molecule has 2 rings (SSSR count). The van der Waals surface area contributed by atoms with Crippen molar-refractivity contribution in [3.05, 3.63) is 41.7 Å². The Labute approximate surface area is 108 Å². The van der Waals surface area contributed by atoms with Crippen molar-refractivity contribution < 1.29 is 0 Å². The van der Waals surface area contributed by atoms with Crippen molar-refractivity contribution in [2.24, 2.45) is 7.05 Å². The first kappa shape index (κ1) is 12.4. The summed E-state index contributed by atoms with van der Waals surface area (Å²) in [7, 11) is 1.86. The average Bonchev–Trinajstić information content (AvgIpc) is 2.69. The number of nitrogens with zero attached hydrogens (tertiary/aromatic N) is 3. The summed E-state index contributed by atoms with van der Waals surface area (Å²) in [6, 6.07) is 10.5. The largest absolute Gasteiger partial charge is 0.319 e. The third-order valence-corrected chi connectivity index (χ3v) is 3.11. The zero-order valence-electron chi connectivity index (χ0n) is 11.2. The number of benzene rings is 1. The van der Waals surface area contributed by atoms with Crippen LogP contribution in [0.5, 0.6) is 0 Å². The smallest absolute Gasteiger partial charge is 0.140 e. The molecule has 2 aromatic rings. The summed E-state index contributed by atoms with van der Waals surface area (Å²) in [5, 5.41) is 8.92. The summed E-state index contributed by atoms with van der Waals surface area (Å²) in [5.74, 6) is 0.826. The Hall–Kier alpha value is -2.08. The second kappa shape index (κ2) is 4.30. The lowest BCUT2D eigenvalue weighted by Gasteiger charge is -2.19. The van der Waals surface area contributed by atoms with Crippen LogP contribution in [0.2, 0.25) is 0 Å². The van der Waals surface area contributed by atoms with E-state index in [2.05, 4.69) is 56.1 Å². The molecule has 3 nitrogen and oxygen atoms in total. The molecule has 3 heteroatoms. The van der Waals surface area contributed by atoms with E-state index in [1.165, 1.54) is 5.56 Å². The van der Waals surface area contributed by atoms with Crippen LogP contribution in [-0.4, -0.2) is 9.55 Å². The third-order valence-electron chi connectivity index (χ3n) is 3.11. The van der Waals surface area contributed by atoms with Crippen LogP contribution in [0.4, 0.5) is 0 Å². The van der Waals surface area contributed by atoms with Gasteiger partial charge in [0.05, 0.1) is 6.20 Å². The molecule has 0 N–H and O–H groups in total. The number of hydrogen-bond donors (Lipinski definition) is 0. The zero-order valence-corrected chi connectivity index (χ0v) is 11.2. The molecule has 0 spiro atoms. The van der Waals surface area contributed by atoms with Gasteiger partial charge in [0.15, 0.2) is 0 Å².